The number of H-pyrrole nitrogens is 1. The zero-order chi connectivity index (χ0) is 25.8. The van der Waals surface area contributed by atoms with Crippen molar-refractivity contribution in [2.24, 2.45) is 14.1 Å². The highest BCUT2D eigenvalue weighted by atomic mass is 79.9. The number of carbonyl (C=O) groups is 3. The zero-order valence-electron chi connectivity index (χ0n) is 18.1. The number of carboxylic acids is 2. The lowest BCUT2D eigenvalue weighted by Crippen LogP contribution is -2.42. The van der Waals surface area contributed by atoms with Gasteiger partial charge in [0, 0.05) is 28.0 Å². The third kappa shape index (κ3) is 6.53. The molecule has 3 N–H and O–H groups in total. The molecule has 1 unspecified atom stereocenters. The third-order valence-corrected chi connectivity index (χ3v) is 6.06. The van der Waals surface area contributed by atoms with Crippen LogP contribution in [0.3, 0.4) is 0 Å². The SMILES string of the molecule is CSc1c(CC(NC(=O)c2c[nH]c3cc(Br)ccc23)C(=O)O)n(C)c[n+]1C.O=C([O-])C(F)(F)F. The van der Waals surface area contributed by atoms with Gasteiger partial charge in [0.25, 0.3) is 5.91 Å². The fraction of sp³-hybridized carbons (Fsp3) is 0.300. The molecule has 1 amide bonds. The second kappa shape index (κ2) is 11.0. The summed E-state index contributed by atoms with van der Waals surface area (Å²) in [6, 6.07) is 4.51. The summed E-state index contributed by atoms with van der Waals surface area (Å²) in [4.78, 5) is 36.3. The van der Waals surface area contributed by atoms with Crippen LogP contribution in [0.5, 0.6) is 0 Å². The first-order chi connectivity index (χ1) is 15.8. The predicted octanol–water partition coefficient (Wildman–Crippen LogP) is 1.54. The molecule has 2 heterocycles. The molecule has 0 saturated carbocycles. The van der Waals surface area contributed by atoms with Crippen molar-refractivity contribution < 1.29 is 42.3 Å². The van der Waals surface area contributed by atoms with E-state index in [0.29, 0.717) is 5.56 Å². The van der Waals surface area contributed by atoms with E-state index in [1.165, 1.54) is 0 Å². The van der Waals surface area contributed by atoms with Gasteiger partial charge in [0.15, 0.2) is 5.69 Å². The first kappa shape index (κ1) is 27.2. The van der Waals surface area contributed by atoms with Gasteiger partial charge in [-0.2, -0.15) is 13.2 Å². The van der Waals surface area contributed by atoms with Gasteiger partial charge in [0.05, 0.1) is 19.7 Å². The van der Waals surface area contributed by atoms with Gasteiger partial charge in [-0.25, -0.2) is 13.9 Å². The lowest BCUT2D eigenvalue weighted by atomic mass is 10.1. The Hall–Kier alpha value is -3.00. The van der Waals surface area contributed by atoms with Crippen molar-refractivity contribution in [1.82, 2.24) is 14.9 Å². The van der Waals surface area contributed by atoms with E-state index in [9.17, 15) is 27.9 Å². The maximum atomic E-state index is 12.7. The summed E-state index contributed by atoms with van der Waals surface area (Å²) in [5.74, 6) is -4.49. The van der Waals surface area contributed by atoms with Crippen molar-refractivity contribution in [1.29, 1.82) is 0 Å². The third-order valence-electron chi connectivity index (χ3n) is 4.65. The number of aliphatic carboxylic acids is 2. The summed E-state index contributed by atoms with van der Waals surface area (Å²) < 4.78 is 36.3. The minimum atomic E-state index is -5.19. The molecule has 3 rings (SSSR count). The number of thioether (sulfide) groups is 1. The molecule has 0 spiro atoms. The Kier molecular flexibility index (Phi) is 8.78. The fourth-order valence-electron chi connectivity index (χ4n) is 3.15. The molecule has 1 atom stereocenters. The molecule has 0 saturated heterocycles. The molecular weight excluding hydrogens is 545 g/mol. The first-order valence-electron chi connectivity index (χ1n) is 9.42. The van der Waals surface area contributed by atoms with Gasteiger partial charge in [0.1, 0.15) is 12.0 Å². The minimum Gasteiger partial charge on any atom is -0.542 e. The molecule has 0 bridgehead atoms. The van der Waals surface area contributed by atoms with Crippen LogP contribution in [-0.4, -0.2) is 51.0 Å². The summed E-state index contributed by atoms with van der Waals surface area (Å²) in [6.45, 7) is 0. The predicted molar refractivity (Wildman–Crippen MR) is 118 cm³/mol. The molecule has 0 radical (unpaired) electrons. The van der Waals surface area contributed by atoms with Crippen LogP contribution in [0.1, 0.15) is 16.1 Å². The number of fused-ring (bicyclic) bond motifs is 1. The quantitative estimate of drug-likeness (QED) is 0.307. The van der Waals surface area contributed by atoms with Crippen LogP contribution in [0.15, 0.2) is 40.2 Å². The van der Waals surface area contributed by atoms with Crippen LogP contribution in [0.25, 0.3) is 10.9 Å². The number of nitrogens with one attached hydrogen (secondary N) is 2. The normalized spacial score (nSPS) is 12.1. The second-order valence-electron chi connectivity index (χ2n) is 7.04. The smallest absolute Gasteiger partial charge is 0.430 e. The Morgan fingerprint density at radius 2 is 1.97 bits per heavy atom. The molecule has 0 fully saturated rings. The van der Waals surface area contributed by atoms with E-state index in [2.05, 4.69) is 26.2 Å². The Morgan fingerprint density at radius 1 is 1.35 bits per heavy atom. The highest BCUT2D eigenvalue weighted by Gasteiger charge is 2.29. The monoisotopic (exact) mass is 564 g/mol. The molecule has 14 heteroatoms. The number of amides is 1. The number of benzene rings is 1. The van der Waals surface area contributed by atoms with Gasteiger partial charge in [-0.05, 0) is 18.4 Å². The van der Waals surface area contributed by atoms with Gasteiger partial charge in [-0.15, -0.1) is 0 Å². The number of halogens is 4. The number of alkyl halides is 3. The van der Waals surface area contributed by atoms with Crippen LogP contribution < -0.4 is 15.0 Å². The van der Waals surface area contributed by atoms with Crippen molar-refractivity contribution in [2.45, 2.75) is 23.7 Å². The summed E-state index contributed by atoms with van der Waals surface area (Å²) in [5.41, 5.74) is 2.09. The van der Waals surface area contributed by atoms with E-state index in [0.717, 1.165) is 26.1 Å². The zero-order valence-corrected chi connectivity index (χ0v) is 20.5. The van der Waals surface area contributed by atoms with Gasteiger partial charge in [0.2, 0.25) is 11.4 Å². The number of carboxylic acid groups (broad SMARTS) is 2. The molecule has 0 aliphatic heterocycles. The Bertz CT molecular complexity index is 1220. The largest absolute Gasteiger partial charge is 0.542 e. The lowest BCUT2D eigenvalue weighted by Gasteiger charge is -2.13. The number of nitrogens with zero attached hydrogens (tertiary/aromatic N) is 2. The van der Waals surface area contributed by atoms with Crippen LogP contribution in [0, 0.1) is 0 Å². The number of carbonyl (C=O) groups excluding carboxylic acids is 2. The lowest BCUT2D eigenvalue weighted by molar-refractivity contribution is -0.707. The maximum Gasteiger partial charge on any atom is 0.430 e. The average Bonchev–Trinajstić information content (AvgIpc) is 3.26. The van der Waals surface area contributed by atoms with Crippen molar-refractivity contribution in [3.63, 3.8) is 0 Å². The van der Waals surface area contributed by atoms with Crippen molar-refractivity contribution in [3.05, 3.63) is 46.5 Å². The van der Waals surface area contributed by atoms with Gasteiger partial charge >= 0.3 is 12.1 Å². The molecule has 1 aromatic carbocycles. The van der Waals surface area contributed by atoms with E-state index >= 15 is 0 Å². The van der Waals surface area contributed by atoms with Crippen molar-refractivity contribution in [3.8, 4) is 0 Å². The van der Waals surface area contributed by atoms with Gasteiger partial charge < -0.3 is 25.3 Å². The highest BCUT2D eigenvalue weighted by molar-refractivity contribution is 9.10. The second-order valence-corrected chi connectivity index (χ2v) is 8.75. The Balaban J connectivity index is 0.000000509. The number of aryl methyl sites for hydroxylation is 2. The maximum absolute atomic E-state index is 12.7. The standard InChI is InChI=1S/C18H19BrN4O3S.C2HF3O2/c1-22-9-23(2)17(27-3)15(22)7-14(18(25)26)21-16(24)12-8-20-13-6-10(19)4-5-11(12)13;3-2(4,5)1(6)7/h4-6,8-9,14H,7H2,1-3H3,(H2-,20,21,24,25,26);(H,6,7). The number of hydrogen-bond donors (Lipinski definition) is 3. The van der Waals surface area contributed by atoms with Crippen LogP contribution in [0.2, 0.25) is 0 Å². The molecule has 2 aromatic heterocycles. The molecule has 0 aliphatic carbocycles. The number of hydrogen-bond acceptors (Lipinski definition) is 5. The van der Waals surface area contributed by atoms with Crippen LogP contribution in [-0.2, 0) is 30.1 Å². The number of imidazole rings is 1. The summed E-state index contributed by atoms with van der Waals surface area (Å²) in [5, 5.41) is 22.8. The molecule has 0 aliphatic rings. The first-order valence-corrected chi connectivity index (χ1v) is 11.4. The van der Waals surface area contributed by atoms with E-state index in [1.807, 2.05) is 54.0 Å². The summed E-state index contributed by atoms with van der Waals surface area (Å²) in [7, 11) is 3.78. The highest BCUT2D eigenvalue weighted by Crippen LogP contribution is 2.23. The van der Waals surface area contributed by atoms with E-state index in [4.69, 9.17) is 9.90 Å². The number of rotatable bonds is 6. The van der Waals surface area contributed by atoms with E-state index in [1.54, 1.807) is 18.0 Å². The molecule has 9 nitrogen and oxygen atoms in total. The fourth-order valence-corrected chi connectivity index (χ4v) is 4.30. The summed E-state index contributed by atoms with van der Waals surface area (Å²) >= 11 is 4.94. The van der Waals surface area contributed by atoms with Crippen molar-refractivity contribution in [2.75, 3.05) is 6.26 Å². The Labute approximate surface area is 204 Å². The molecule has 184 valence electrons. The van der Waals surface area contributed by atoms with Gasteiger partial charge in [-0.1, -0.05) is 33.8 Å². The van der Waals surface area contributed by atoms with Crippen LogP contribution in [0.4, 0.5) is 13.2 Å². The van der Waals surface area contributed by atoms with E-state index < -0.39 is 30.1 Å². The van der Waals surface area contributed by atoms with E-state index in [-0.39, 0.29) is 6.42 Å². The molecule has 3 aromatic rings. The molecule has 34 heavy (non-hydrogen) atoms. The number of aromatic amines is 1. The topological polar surface area (TPSA) is 131 Å². The van der Waals surface area contributed by atoms with Crippen molar-refractivity contribution >= 4 is 56.4 Å². The Morgan fingerprint density at radius 3 is 2.50 bits per heavy atom. The van der Waals surface area contributed by atoms with Gasteiger partial charge in [-0.3, -0.25) is 4.79 Å². The average molecular weight is 565 g/mol. The minimum absolute atomic E-state index is 0.197. The number of aromatic nitrogens is 3. The molecular formula is C20H20BrF3N4O5S. The summed E-state index contributed by atoms with van der Waals surface area (Å²) in [6.07, 6.45) is 0.431. The van der Waals surface area contributed by atoms with Crippen LogP contribution >= 0.6 is 27.7 Å².